The van der Waals surface area contributed by atoms with E-state index in [1.165, 1.54) is 55.9 Å². The highest BCUT2D eigenvalue weighted by molar-refractivity contribution is 6.11. The Morgan fingerprint density at radius 2 is 1.85 bits per heavy atom. The summed E-state index contributed by atoms with van der Waals surface area (Å²) in [6, 6.07) is 8.01. The van der Waals surface area contributed by atoms with Gasteiger partial charge in [-0.3, -0.25) is 19.5 Å². The van der Waals surface area contributed by atoms with Gasteiger partial charge in [0.2, 0.25) is 0 Å². The molecule has 9 nitrogen and oxygen atoms in total. The van der Waals surface area contributed by atoms with Gasteiger partial charge in [0.15, 0.2) is 23.1 Å². The number of carbonyl (C=O) groups is 3. The Bertz CT molecular complexity index is 1210. The van der Waals surface area contributed by atoms with Crippen molar-refractivity contribution >= 4 is 17.5 Å². The molecule has 0 aliphatic carbocycles. The van der Waals surface area contributed by atoms with Gasteiger partial charge in [-0.1, -0.05) is 24.3 Å². The van der Waals surface area contributed by atoms with Gasteiger partial charge in [-0.05, 0) is 12.1 Å². The first-order valence-electron chi connectivity index (χ1n) is 10.6. The number of aromatic hydroxyl groups is 1. The Kier molecular flexibility index (Phi) is 6.69. The van der Waals surface area contributed by atoms with Gasteiger partial charge in [0.05, 0.1) is 18.9 Å². The minimum Gasteiger partial charge on any atom is -0.507 e. The number of ether oxygens (including phenoxy) is 1. The second kappa shape index (κ2) is 9.84. The molecule has 1 fully saturated rings. The highest BCUT2D eigenvalue weighted by Crippen LogP contribution is 2.30. The monoisotopic (exact) mass is 466 g/mol. The number of carbonyl (C=O) groups excluding carboxylic acids is 3. The maximum absolute atomic E-state index is 14.5. The lowest BCUT2D eigenvalue weighted by atomic mass is 9.93. The average molecular weight is 466 g/mol. The van der Waals surface area contributed by atoms with E-state index in [1.54, 1.807) is 0 Å². The molecule has 1 aromatic heterocycles. The third kappa shape index (κ3) is 4.67. The van der Waals surface area contributed by atoms with E-state index < -0.39 is 22.9 Å². The molecule has 4 N–H and O–H groups in total. The zero-order valence-corrected chi connectivity index (χ0v) is 18.3. The number of rotatable bonds is 8. The number of hydrogen-bond donors (Lipinski definition) is 4. The number of hydrogen-bond acceptors (Lipinski definition) is 7. The third-order valence-electron chi connectivity index (χ3n) is 5.86. The predicted molar refractivity (Wildman–Crippen MR) is 120 cm³/mol. The van der Waals surface area contributed by atoms with E-state index in [0.717, 1.165) is 0 Å². The highest BCUT2D eigenvalue weighted by atomic mass is 19.1. The molecule has 2 heterocycles. The molecule has 1 amide bonds. The van der Waals surface area contributed by atoms with Crippen molar-refractivity contribution in [1.29, 1.82) is 0 Å². The Morgan fingerprint density at radius 3 is 2.53 bits per heavy atom. The second-order valence-corrected chi connectivity index (χ2v) is 7.99. The average Bonchev–Trinajstić information content (AvgIpc) is 3.52. The minimum absolute atomic E-state index is 0.104. The number of phenols is 1. The molecule has 4 rings (SSSR count). The van der Waals surface area contributed by atoms with Crippen molar-refractivity contribution in [3.05, 3.63) is 76.9 Å². The van der Waals surface area contributed by atoms with Gasteiger partial charge >= 0.3 is 0 Å². The maximum Gasteiger partial charge on any atom is 0.254 e. The molecule has 0 bridgehead atoms. The number of benzene rings is 2. The van der Waals surface area contributed by atoms with Gasteiger partial charge in [-0.2, -0.15) is 5.10 Å². The van der Waals surface area contributed by atoms with Crippen molar-refractivity contribution in [1.82, 2.24) is 20.8 Å². The molecule has 2 aromatic carbocycles. The predicted octanol–water partition coefficient (Wildman–Crippen LogP) is 2.08. The molecule has 0 spiro atoms. The van der Waals surface area contributed by atoms with Crippen LogP contribution in [-0.4, -0.2) is 59.0 Å². The van der Waals surface area contributed by atoms with Crippen molar-refractivity contribution in [2.24, 2.45) is 5.92 Å². The molecule has 176 valence electrons. The van der Waals surface area contributed by atoms with E-state index in [1.807, 2.05) is 0 Å². The number of aromatic amines is 1. The fraction of sp³-hybridized carbons (Fsp3) is 0.250. The Balaban J connectivity index is 1.43. The van der Waals surface area contributed by atoms with Crippen LogP contribution in [0.15, 0.2) is 48.8 Å². The zero-order valence-electron chi connectivity index (χ0n) is 18.3. The van der Waals surface area contributed by atoms with Crippen molar-refractivity contribution in [3.8, 4) is 11.5 Å². The Morgan fingerprint density at radius 1 is 1.12 bits per heavy atom. The Labute approximate surface area is 194 Å². The summed E-state index contributed by atoms with van der Waals surface area (Å²) in [6.07, 6.45) is 3.12. The number of ketones is 2. The largest absolute Gasteiger partial charge is 0.507 e. The number of amides is 1. The van der Waals surface area contributed by atoms with Crippen molar-refractivity contribution in [3.63, 3.8) is 0 Å². The van der Waals surface area contributed by atoms with Crippen LogP contribution in [0.2, 0.25) is 0 Å². The number of H-pyrrole nitrogens is 1. The standard InChI is InChI=1S/C24H23FN4O5/c1-34-20-7-6-18(30)21(22(20)25)23(32)14-4-2-13(3-5-14)19(31)8-15-9-26-12-17(15)29-24(33)16-10-27-28-11-16/h2-7,10-11,15,17,26,30H,8-9,12H2,1H3,(H,27,28)(H,29,33)/t15-,17-/m1/s1. The van der Waals surface area contributed by atoms with Crippen LogP contribution in [0.4, 0.5) is 4.39 Å². The Hall–Kier alpha value is -4.05. The summed E-state index contributed by atoms with van der Waals surface area (Å²) >= 11 is 0. The molecule has 0 unspecified atom stereocenters. The first kappa shape index (κ1) is 23.1. The van der Waals surface area contributed by atoms with Gasteiger partial charge < -0.3 is 20.5 Å². The van der Waals surface area contributed by atoms with Crippen LogP contribution in [-0.2, 0) is 0 Å². The normalized spacial score (nSPS) is 17.4. The molecule has 0 radical (unpaired) electrons. The fourth-order valence-electron chi connectivity index (χ4n) is 3.97. The molecule has 1 saturated heterocycles. The summed E-state index contributed by atoms with van der Waals surface area (Å²) < 4.78 is 19.4. The minimum atomic E-state index is -0.954. The molecule has 3 aromatic rings. The molecule has 10 heteroatoms. The number of methoxy groups -OCH3 is 1. The number of nitrogens with one attached hydrogen (secondary N) is 3. The van der Waals surface area contributed by atoms with E-state index in [4.69, 9.17) is 4.74 Å². The number of phenolic OH excluding ortho intramolecular Hbond substituents is 1. The van der Waals surface area contributed by atoms with Crippen LogP contribution in [0.3, 0.4) is 0 Å². The van der Waals surface area contributed by atoms with Gasteiger partial charge in [0.1, 0.15) is 11.3 Å². The topological polar surface area (TPSA) is 133 Å². The quantitative estimate of drug-likeness (QED) is 0.374. The molecule has 0 saturated carbocycles. The lowest BCUT2D eigenvalue weighted by Crippen LogP contribution is -2.40. The lowest BCUT2D eigenvalue weighted by Gasteiger charge is -2.19. The molecule has 2 atom stereocenters. The number of Topliss-reactive ketones (excluding diaryl/α,β-unsaturated/α-hetero) is 1. The molecular formula is C24H23FN4O5. The third-order valence-corrected chi connectivity index (χ3v) is 5.86. The van der Waals surface area contributed by atoms with E-state index >= 15 is 0 Å². The summed E-state index contributed by atoms with van der Waals surface area (Å²) in [7, 11) is 1.26. The van der Waals surface area contributed by atoms with Crippen molar-refractivity contribution in [2.75, 3.05) is 20.2 Å². The van der Waals surface area contributed by atoms with Crippen molar-refractivity contribution < 1.29 is 28.6 Å². The summed E-state index contributed by atoms with van der Waals surface area (Å²) in [4.78, 5) is 37.9. The summed E-state index contributed by atoms with van der Waals surface area (Å²) in [5.74, 6) is -2.86. The van der Waals surface area contributed by atoms with E-state index in [9.17, 15) is 23.9 Å². The van der Waals surface area contributed by atoms with E-state index in [0.29, 0.717) is 24.2 Å². The number of aromatic nitrogens is 2. The summed E-state index contributed by atoms with van der Waals surface area (Å²) in [6.45, 7) is 1.12. The molecule has 34 heavy (non-hydrogen) atoms. The molecular weight excluding hydrogens is 443 g/mol. The fourth-order valence-corrected chi connectivity index (χ4v) is 3.97. The van der Waals surface area contributed by atoms with Gasteiger partial charge in [0, 0.05) is 48.8 Å². The number of halogens is 1. The van der Waals surface area contributed by atoms with E-state index in [2.05, 4.69) is 20.8 Å². The highest BCUT2D eigenvalue weighted by Gasteiger charge is 2.31. The van der Waals surface area contributed by atoms with Gasteiger partial charge in [0.25, 0.3) is 5.91 Å². The lowest BCUT2D eigenvalue weighted by molar-refractivity contribution is 0.0903. The van der Waals surface area contributed by atoms with Crippen LogP contribution >= 0.6 is 0 Å². The zero-order chi connectivity index (χ0) is 24.2. The van der Waals surface area contributed by atoms with Crippen molar-refractivity contribution in [2.45, 2.75) is 12.5 Å². The van der Waals surface area contributed by atoms with Gasteiger partial charge in [-0.15, -0.1) is 0 Å². The first-order chi connectivity index (χ1) is 16.4. The maximum atomic E-state index is 14.5. The second-order valence-electron chi connectivity index (χ2n) is 7.99. The van der Waals surface area contributed by atoms with Gasteiger partial charge in [-0.25, -0.2) is 4.39 Å². The number of nitrogens with zero attached hydrogens (tertiary/aromatic N) is 1. The van der Waals surface area contributed by atoms with Crippen LogP contribution in [0, 0.1) is 11.7 Å². The van der Waals surface area contributed by atoms with Crippen LogP contribution < -0.4 is 15.4 Å². The summed E-state index contributed by atoms with van der Waals surface area (Å²) in [5.41, 5.74) is 0.424. The molecule has 1 aliphatic rings. The summed E-state index contributed by atoms with van der Waals surface area (Å²) in [5, 5.41) is 22.4. The first-order valence-corrected chi connectivity index (χ1v) is 10.6. The van der Waals surface area contributed by atoms with Crippen LogP contribution in [0.1, 0.15) is 43.1 Å². The van der Waals surface area contributed by atoms with Crippen LogP contribution in [0.25, 0.3) is 0 Å². The smallest absolute Gasteiger partial charge is 0.254 e. The molecule has 1 aliphatic heterocycles. The van der Waals surface area contributed by atoms with Crippen LogP contribution in [0.5, 0.6) is 11.5 Å². The SMILES string of the molecule is COc1ccc(O)c(C(=O)c2ccc(C(=O)C[C@@H]3CNC[C@H]3NC(=O)c3cn[nH]c3)cc2)c1F. The van der Waals surface area contributed by atoms with E-state index in [-0.39, 0.29) is 41.4 Å².